The molecule has 0 bridgehead atoms. The first-order chi connectivity index (χ1) is 4.34. The Kier molecular flexibility index (Phi) is 2.88. The maximum atomic E-state index is 4.30. The van der Waals surface area contributed by atoms with Gasteiger partial charge in [-0.05, 0) is 6.92 Å². The topological polar surface area (TPSA) is 15.6 Å². The van der Waals surface area contributed by atoms with E-state index < -0.39 is 0 Å². The van der Waals surface area contributed by atoms with Crippen LogP contribution in [0.1, 0.15) is 27.7 Å². The summed E-state index contributed by atoms with van der Waals surface area (Å²) < 4.78 is 0. The molecule has 2 heteroatoms. The standard InChI is InChI=1S/C8H18N2/c1-7(8(2,3)4)9-10(5)6/h1-6H3/b9-7+. The SMILES string of the molecule is C/C(=N\N(C)C)C(C)(C)C. The molecular formula is C8H18N2. The van der Waals surface area contributed by atoms with Crippen molar-refractivity contribution in [1.29, 1.82) is 0 Å². The summed E-state index contributed by atoms with van der Waals surface area (Å²) in [4.78, 5) is 0. The van der Waals surface area contributed by atoms with Crippen LogP contribution in [0.4, 0.5) is 0 Å². The highest BCUT2D eigenvalue weighted by atomic mass is 15.4. The lowest BCUT2D eigenvalue weighted by atomic mass is 9.91. The smallest absolute Gasteiger partial charge is 0.0403 e. The van der Waals surface area contributed by atoms with Crippen LogP contribution < -0.4 is 0 Å². The van der Waals surface area contributed by atoms with Crippen molar-refractivity contribution in [3.63, 3.8) is 0 Å². The summed E-state index contributed by atoms with van der Waals surface area (Å²) in [7, 11) is 3.88. The Bertz CT molecular complexity index is 129. The van der Waals surface area contributed by atoms with Gasteiger partial charge in [-0.3, -0.25) is 0 Å². The number of hydrogen-bond acceptors (Lipinski definition) is 2. The summed E-state index contributed by atoms with van der Waals surface area (Å²) in [5.74, 6) is 0. The number of hydrogen-bond donors (Lipinski definition) is 0. The number of hydrazone groups is 1. The van der Waals surface area contributed by atoms with Crippen molar-refractivity contribution in [3.05, 3.63) is 0 Å². The van der Waals surface area contributed by atoms with Crippen LogP contribution in [0.15, 0.2) is 5.10 Å². The van der Waals surface area contributed by atoms with Crippen molar-refractivity contribution in [3.8, 4) is 0 Å². The predicted octanol–water partition coefficient (Wildman–Crippen LogP) is 1.97. The molecule has 0 atom stereocenters. The monoisotopic (exact) mass is 142 g/mol. The largest absolute Gasteiger partial charge is 0.303 e. The van der Waals surface area contributed by atoms with Gasteiger partial charge in [0.25, 0.3) is 0 Å². The van der Waals surface area contributed by atoms with Gasteiger partial charge < -0.3 is 5.01 Å². The first-order valence-corrected chi connectivity index (χ1v) is 3.57. The quantitative estimate of drug-likeness (QED) is 0.403. The molecule has 0 aliphatic carbocycles. The molecule has 60 valence electrons. The van der Waals surface area contributed by atoms with Crippen LogP contribution >= 0.6 is 0 Å². The lowest BCUT2D eigenvalue weighted by Crippen LogP contribution is -2.20. The van der Waals surface area contributed by atoms with Crippen LogP contribution in [-0.4, -0.2) is 24.8 Å². The molecule has 0 aliphatic rings. The van der Waals surface area contributed by atoms with Crippen molar-refractivity contribution in [2.24, 2.45) is 10.5 Å². The minimum atomic E-state index is 0.199. The second-order valence-corrected chi connectivity index (χ2v) is 3.78. The predicted molar refractivity (Wildman–Crippen MR) is 46.3 cm³/mol. The Morgan fingerprint density at radius 3 is 1.70 bits per heavy atom. The van der Waals surface area contributed by atoms with E-state index >= 15 is 0 Å². The van der Waals surface area contributed by atoms with Crippen molar-refractivity contribution in [2.75, 3.05) is 14.1 Å². The van der Waals surface area contributed by atoms with Gasteiger partial charge in [0.2, 0.25) is 0 Å². The summed E-state index contributed by atoms with van der Waals surface area (Å²) in [6, 6.07) is 0. The van der Waals surface area contributed by atoms with Gasteiger partial charge in [0.05, 0.1) is 0 Å². The van der Waals surface area contributed by atoms with E-state index in [9.17, 15) is 0 Å². The van der Waals surface area contributed by atoms with E-state index in [4.69, 9.17) is 0 Å². The average molecular weight is 142 g/mol. The molecule has 0 heterocycles. The van der Waals surface area contributed by atoms with Crippen molar-refractivity contribution in [2.45, 2.75) is 27.7 Å². The Morgan fingerprint density at radius 1 is 1.20 bits per heavy atom. The van der Waals surface area contributed by atoms with E-state index in [0.717, 1.165) is 5.71 Å². The van der Waals surface area contributed by atoms with Gasteiger partial charge in [-0.15, -0.1) is 0 Å². The molecule has 10 heavy (non-hydrogen) atoms. The zero-order valence-electron chi connectivity index (χ0n) is 7.89. The molecule has 0 aromatic rings. The molecule has 0 saturated carbocycles. The third-order valence-electron chi connectivity index (χ3n) is 1.44. The van der Waals surface area contributed by atoms with E-state index in [1.54, 1.807) is 0 Å². The number of nitrogens with zero attached hydrogens (tertiary/aromatic N) is 2. The summed E-state index contributed by atoms with van der Waals surface area (Å²) in [6.07, 6.45) is 0. The summed E-state index contributed by atoms with van der Waals surface area (Å²) >= 11 is 0. The van der Waals surface area contributed by atoms with Gasteiger partial charge in [0.15, 0.2) is 0 Å². The molecule has 0 aliphatic heterocycles. The lowest BCUT2D eigenvalue weighted by molar-refractivity contribution is 0.424. The van der Waals surface area contributed by atoms with Crippen LogP contribution in [0.25, 0.3) is 0 Å². The minimum Gasteiger partial charge on any atom is -0.303 e. The Hall–Kier alpha value is -0.530. The van der Waals surface area contributed by atoms with E-state index in [2.05, 4.69) is 32.8 Å². The fourth-order valence-corrected chi connectivity index (χ4v) is 0.450. The fourth-order valence-electron chi connectivity index (χ4n) is 0.450. The maximum absolute atomic E-state index is 4.30. The molecule has 0 aromatic carbocycles. The minimum absolute atomic E-state index is 0.199. The zero-order chi connectivity index (χ0) is 8.36. The maximum Gasteiger partial charge on any atom is 0.0403 e. The molecule has 0 fully saturated rings. The number of rotatable bonds is 1. The molecule has 0 N–H and O–H groups in total. The van der Waals surface area contributed by atoms with Crippen LogP contribution in [-0.2, 0) is 0 Å². The molecular weight excluding hydrogens is 124 g/mol. The third kappa shape index (κ3) is 3.49. The van der Waals surface area contributed by atoms with Crippen molar-refractivity contribution < 1.29 is 0 Å². The molecule has 0 saturated heterocycles. The Balaban J connectivity index is 4.20. The third-order valence-corrected chi connectivity index (χ3v) is 1.44. The molecule has 0 aromatic heterocycles. The van der Waals surface area contributed by atoms with Crippen molar-refractivity contribution >= 4 is 5.71 Å². The molecule has 0 amide bonds. The molecule has 0 unspecified atom stereocenters. The first kappa shape index (κ1) is 9.47. The normalized spacial score (nSPS) is 13.6. The molecule has 0 rings (SSSR count). The molecule has 2 nitrogen and oxygen atoms in total. The van der Waals surface area contributed by atoms with E-state index in [-0.39, 0.29) is 5.41 Å². The van der Waals surface area contributed by atoms with Gasteiger partial charge in [0.1, 0.15) is 0 Å². The highest BCUT2D eigenvalue weighted by Crippen LogP contribution is 2.15. The Labute approximate surface area is 63.9 Å². The van der Waals surface area contributed by atoms with Crippen LogP contribution in [0, 0.1) is 5.41 Å². The van der Waals surface area contributed by atoms with E-state index in [0.29, 0.717) is 0 Å². The van der Waals surface area contributed by atoms with E-state index in [1.165, 1.54) is 0 Å². The van der Waals surface area contributed by atoms with E-state index in [1.807, 2.05) is 19.1 Å². The van der Waals surface area contributed by atoms with Gasteiger partial charge in [-0.2, -0.15) is 5.10 Å². The van der Waals surface area contributed by atoms with Crippen LogP contribution in [0.3, 0.4) is 0 Å². The zero-order valence-corrected chi connectivity index (χ0v) is 7.89. The summed E-state index contributed by atoms with van der Waals surface area (Å²) in [6.45, 7) is 8.54. The summed E-state index contributed by atoms with van der Waals surface area (Å²) in [5.41, 5.74) is 1.36. The second kappa shape index (κ2) is 3.04. The van der Waals surface area contributed by atoms with Gasteiger partial charge in [-0.25, -0.2) is 0 Å². The highest BCUT2D eigenvalue weighted by Gasteiger charge is 2.13. The van der Waals surface area contributed by atoms with Gasteiger partial charge in [-0.1, -0.05) is 20.8 Å². The van der Waals surface area contributed by atoms with Crippen LogP contribution in [0.5, 0.6) is 0 Å². The van der Waals surface area contributed by atoms with Gasteiger partial charge in [0, 0.05) is 25.2 Å². The van der Waals surface area contributed by atoms with Crippen molar-refractivity contribution in [1.82, 2.24) is 5.01 Å². The lowest BCUT2D eigenvalue weighted by Gasteiger charge is -2.19. The van der Waals surface area contributed by atoms with Crippen LogP contribution in [0.2, 0.25) is 0 Å². The highest BCUT2D eigenvalue weighted by molar-refractivity contribution is 5.86. The molecule has 0 spiro atoms. The Morgan fingerprint density at radius 2 is 1.60 bits per heavy atom. The second-order valence-electron chi connectivity index (χ2n) is 3.78. The summed E-state index contributed by atoms with van der Waals surface area (Å²) in [5, 5.41) is 6.13. The average Bonchev–Trinajstić information content (AvgIpc) is 1.60. The molecule has 0 radical (unpaired) electrons. The first-order valence-electron chi connectivity index (χ1n) is 3.57. The van der Waals surface area contributed by atoms with Gasteiger partial charge >= 0.3 is 0 Å². The fraction of sp³-hybridized carbons (Fsp3) is 0.875.